The van der Waals surface area contributed by atoms with Crippen LogP contribution in [0.4, 0.5) is 11.4 Å². The predicted octanol–water partition coefficient (Wildman–Crippen LogP) is -0.445. The van der Waals surface area contributed by atoms with Crippen molar-refractivity contribution in [3.05, 3.63) is 23.8 Å². The summed E-state index contributed by atoms with van der Waals surface area (Å²) in [5.74, 6) is 0. The van der Waals surface area contributed by atoms with Crippen molar-refractivity contribution in [2.24, 2.45) is 0 Å². The van der Waals surface area contributed by atoms with Crippen LogP contribution in [0.3, 0.4) is 0 Å². The zero-order valence-corrected chi connectivity index (χ0v) is 11.0. The van der Waals surface area contributed by atoms with Crippen LogP contribution in [0.25, 0.3) is 0 Å². The number of hydrogen-bond acceptors (Lipinski definition) is 6. The van der Waals surface area contributed by atoms with Crippen LogP contribution in [0.15, 0.2) is 18.2 Å². The van der Waals surface area contributed by atoms with Gasteiger partial charge in [0, 0.05) is 24.5 Å². The fraction of sp³-hybridized carbons (Fsp3) is 0.400. The molecule has 0 spiro atoms. The van der Waals surface area contributed by atoms with E-state index in [0.29, 0.717) is 18.7 Å². The van der Waals surface area contributed by atoms with Crippen molar-refractivity contribution in [1.82, 2.24) is 0 Å². The van der Waals surface area contributed by atoms with Crippen molar-refractivity contribution in [2.45, 2.75) is 6.42 Å². The molecule has 0 saturated carbocycles. The van der Waals surface area contributed by atoms with Crippen LogP contribution >= 0.6 is 0 Å². The van der Waals surface area contributed by atoms with Gasteiger partial charge in [0.05, 0.1) is 6.61 Å². The van der Waals surface area contributed by atoms with Gasteiger partial charge in [-0.3, -0.25) is 9.11 Å². The minimum Gasteiger partial charge on any atom is -0.399 e. The topological polar surface area (TPSA) is 153 Å². The van der Waals surface area contributed by atoms with E-state index in [4.69, 9.17) is 33.5 Å². The lowest BCUT2D eigenvalue weighted by Crippen LogP contribution is -2.08. The van der Waals surface area contributed by atoms with Gasteiger partial charge in [0.15, 0.2) is 0 Å². The second kappa shape index (κ2) is 8.67. The van der Waals surface area contributed by atoms with Crippen LogP contribution in [0, 0.1) is 0 Å². The molecule has 0 fully saturated rings. The van der Waals surface area contributed by atoms with Gasteiger partial charge < -0.3 is 21.3 Å². The largest absolute Gasteiger partial charge is 0.399 e. The maximum absolute atomic E-state index is 8.84. The summed E-state index contributed by atoms with van der Waals surface area (Å²) in [5, 5.41) is 20.6. The molecule has 0 bridgehead atoms. The van der Waals surface area contributed by atoms with E-state index in [1.807, 2.05) is 12.1 Å². The summed E-state index contributed by atoms with van der Waals surface area (Å²) < 4.78 is 31.6. The quantitative estimate of drug-likeness (QED) is 0.315. The van der Waals surface area contributed by atoms with E-state index in [0.717, 1.165) is 11.3 Å². The monoisotopic (exact) mass is 294 g/mol. The SMILES string of the molecule is Nc1ccc(NCCO)c(CCO)c1.O=S(=O)(O)O. The average molecular weight is 294 g/mol. The summed E-state index contributed by atoms with van der Waals surface area (Å²) >= 11 is 0. The molecule has 1 rings (SSSR count). The Balaban J connectivity index is 0.000000555. The fourth-order valence-corrected chi connectivity index (χ4v) is 1.30. The molecule has 7 N–H and O–H groups in total. The number of nitrogens with two attached hydrogens (primary N) is 1. The molecule has 1 aromatic rings. The summed E-state index contributed by atoms with van der Waals surface area (Å²) in [5.41, 5.74) is 8.20. The molecular weight excluding hydrogens is 276 g/mol. The van der Waals surface area contributed by atoms with E-state index in [1.165, 1.54) is 0 Å². The van der Waals surface area contributed by atoms with Gasteiger partial charge in [-0.2, -0.15) is 8.42 Å². The van der Waals surface area contributed by atoms with Gasteiger partial charge in [-0.25, -0.2) is 0 Å². The van der Waals surface area contributed by atoms with Gasteiger partial charge >= 0.3 is 10.4 Å². The van der Waals surface area contributed by atoms with Crippen molar-refractivity contribution in [3.8, 4) is 0 Å². The summed E-state index contributed by atoms with van der Waals surface area (Å²) in [4.78, 5) is 0. The third-order valence-electron chi connectivity index (χ3n) is 1.94. The maximum atomic E-state index is 8.84. The van der Waals surface area contributed by atoms with Crippen LogP contribution in [0.2, 0.25) is 0 Å². The molecule has 0 aliphatic carbocycles. The smallest absolute Gasteiger partial charge is 0.394 e. The molecule has 0 atom stereocenters. The summed E-state index contributed by atoms with van der Waals surface area (Å²) in [7, 11) is -4.67. The third-order valence-corrected chi connectivity index (χ3v) is 1.94. The molecule has 9 heteroatoms. The zero-order chi connectivity index (χ0) is 14.9. The Hall–Kier alpha value is -1.39. The van der Waals surface area contributed by atoms with Gasteiger partial charge in [0.2, 0.25) is 0 Å². The first kappa shape index (κ1) is 17.6. The number of rotatable bonds is 5. The lowest BCUT2D eigenvalue weighted by atomic mass is 10.1. The number of anilines is 2. The highest BCUT2D eigenvalue weighted by Gasteiger charge is 2.01. The van der Waals surface area contributed by atoms with Crippen molar-refractivity contribution >= 4 is 21.8 Å². The first-order chi connectivity index (χ1) is 8.77. The Morgan fingerprint density at radius 3 is 2.21 bits per heavy atom. The molecule has 0 amide bonds. The minimum absolute atomic E-state index is 0.0863. The van der Waals surface area contributed by atoms with Crippen molar-refractivity contribution < 1.29 is 27.7 Å². The Kier molecular flexibility index (Phi) is 8.03. The second-order valence-corrected chi connectivity index (χ2v) is 4.38. The highest BCUT2D eigenvalue weighted by atomic mass is 32.3. The van der Waals surface area contributed by atoms with E-state index in [9.17, 15) is 0 Å². The molecule has 1 aromatic carbocycles. The molecular formula is C10H18N2O6S. The highest BCUT2D eigenvalue weighted by Crippen LogP contribution is 2.18. The zero-order valence-electron chi connectivity index (χ0n) is 10.2. The number of nitrogen functional groups attached to an aromatic ring is 1. The van der Waals surface area contributed by atoms with E-state index >= 15 is 0 Å². The van der Waals surface area contributed by atoms with Gasteiger partial charge in [0.1, 0.15) is 0 Å². The summed E-state index contributed by atoms with van der Waals surface area (Å²) in [6.45, 7) is 0.683. The molecule has 0 aliphatic heterocycles. The van der Waals surface area contributed by atoms with Crippen LogP contribution in [0.5, 0.6) is 0 Å². The molecule has 0 saturated heterocycles. The van der Waals surface area contributed by atoms with E-state index in [1.54, 1.807) is 6.07 Å². The second-order valence-electron chi connectivity index (χ2n) is 3.49. The summed E-state index contributed by atoms with van der Waals surface area (Å²) in [6.07, 6.45) is 0.568. The van der Waals surface area contributed by atoms with Gasteiger partial charge in [-0.1, -0.05) is 0 Å². The standard InChI is InChI=1S/C10H16N2O2.H2O4S/c11-9-1-2-10(12-4-6-14)8(7-9)3-5-13;1-5(2,3)4/h1-2,7,12-14H,3-6,11H2;(H2,1,2,3,4). The fourth-order valence-electron chi connectivity index (χ4n) is 1.30. The van der Waals surface area contributed by atoms with Crippen LogP contribution < -0.4 is 11.1 Å². The van der Waals surface area contributed by atoms with Crippen LogP contribution in [-0.4, -0.2) is 47.5 Å². The molecule has 110 valence electrons. The number of hydrogen-bond donors (Lipinski definition) is 6. The third kappa shape index (κ3) is 10.2. The average Bonchev–Trinajstić information content (AvgIpc) is 2.26. The van der Waals surface area contributed by atoms with E-state index in [-0.39, 0.29) is 13.2 Å². The Labute approximate surface area is 111 Å². The molecule has 8 nitrogen and oxygen atoms in total. The lowest BCUT2D eigenvalue weighted by molar-refractivity contribution is 0.299. The number of aliphatic hydroxyl groups excluding tert-OH is 2. The van der Waals surface area contributed by atoms with Gasteiger partial charge in [-0.15, -0.1) is 0 Å². The van der Waals surface area contributed by atoms with Crippen molar-refractivity contribution in [1.29, 1.82) is 0 Å². The molecule has 0 unspecified atom stereocenters. The van der Waals surface area contributed by atoms with Crippen LogP contribution in [-0.2, 0) is 16.8 Å². The first-order valence-electron chi connectivity index (χ1n) is 5.31. The number of nitrogens with one attached hydrogen (secondary N) is 1. The molecule has 19 heavy (non-hydrogen) atoms. The molecule has 0 aromatic heterocycles. The lowest BCUT2D eigenvalue weighted by Gasteiger charge is -2.11. The van der Waals surface area contributed by atoms with Crippen molar-refractivity contribution in [2.75, 3.05) is 30.8 Å². The number of aliphatic hydroxyl groups is 2. The van der Waals surface area contributed by atoms with Crippen molar-refractivity contribution in [3.63, 3.8) is 0 Å². The van der Waals surface area contributed by atoms with Gasteiger partial charge in [0.25, 0.3) is 0 Å². The van der Waals surface area contributed by atoms with E-state index < -0.39 is 10.4 Å². The van der Waals surface area contributed by atoms with Crippen LogP contribution in [0.1, 0.15) is 5.56 Å². The molecule has 0 heterocycles. The number of benzene rings is 1. The molecule has 0 radical (unpaired) electrons. The Bertz CT molecular complexity index is 469. The maximum Gasteiger partial charge on any atom is 0.394 e. The highest BCUT2D eigenvalue weighted by molar-refractivity contribution is 7.79. The Morgan fingerprint density at radius 1 is 1.16 bits per heavy atom. The first-order valence-corrected chi connectivity index (χ1v) is 6.71. The van der Waals surface area contributed by atoms with E-state index in [2.05, 4.69) is 5.32 Å². The minimum atomic E-state index is -4.67. The normalized spacial score (nSPS) is 10.5. The Morgan fingerprint density at radius 2 is 1.74 bits per heavy atom. The predicted molar refractivity (Wildman–Crippen MR) is 71.4 cm³/mol. The molecule has 0 aliphatic rings. The van der Waals surface area contributed by atoms with Gasteiger partial charge in [-0.05, 0) is 30.2 Å². The summed E-state index contributed by atoms with van der Waals surface area (Å²) in [6, 6.07) is 5.48.